The summed E-state index contributed by atoms with van der Waals surface area (Å²) in [5.74, 6) is -1.35. The van der Waals surface area contributed by atoms with Crippen LogP contribution in [0, 0.1) is 0 Å². The third-order valence-corrected chi connectivity index (χ3v) is 6.84. The van der Waals surface area contributed by atoms with Crippen LogP contribution in [-0.2, 0) is 25.5 Å². The summed E-state index contributed by atoms with van der Waals surface area (Å²) >= 11 is 1.59. The minimum absolute atomic E-state index is 0.0494. The van der Waals surface area contributed by atoms with Gasteiger partial charge in [-0.15, -0.1) is 11.8 Å². The first kappa shape index (κ1) is 24.8. The summed E-state index contributed by atoms with van der Waals surface area (Å²) < 4.78 is 5.26. The zero-order chi connectivity index (χ0) is 23.6. The van der Waals surface area contributed by atoms with Gasteiger partial charge < -0.3 is 14.7 Å². The molecule has 3 atom stereocenters. The van der Waals surface area contributed by atoms with E-state index in [0.717, 1.165) is 11.1 Å². The van der Waals surface area contributed by atoms with Gasteiger partial charge in [0.15, 0.2) is 0 Å². The van der Waals surface area contributed by atoms with E-state index in [-0.39, 0.29) is 24.3 Å². The van der Waals surface area contributed by atoms with Gasteiger partial charge in [0.05, 0.1) is 12.6 Å². The number of hydrogen-bond donors (Lipinski definition) is 2. The molecule has 7 nitrogen and oxygen atoms in total. The number of ether oxygens (including phenoxy) is 1. The van der Waals surface area contributed by atoms with E-state index in [1.807, 2.05) is 60.7 Å². The van der Waals surface area contributed by atoms with Gasteiger partial charge in [-0.3, -0.25) is 19.7 Å². The van der Waals surface area contributed by atoms with Crippen LogP contribution in [0.3, 0.4) is 0 Å². The molecule has 1 amide bonds. The molecule has 1 aliphatic heterocycles. The number of aliphatic carboxylic acids is 1. The molecular formula is C25H30N2O5S. The van der Waals surface area contributed by atoms with Gasteiger partial charge in [0.1, 0.15) is 12.6 Å². The van der Waals surface area contributed by atoms with Gasteiger partial charge in [-0.25, -0.2) is 0 Å². The number of esters is 1. The quantitative estimate of drug-likeness (QED) is 0.516. The second-order valence-corrected chi connectivity index (χ2v) is 9.13. The Morgan fingerprint density at radius 3 is 2.45 bits per heavy atom. The smallest absolute Gasteiger partial charge is 0.323 e. The van der Waals surface area contributed by atoms with E-state index in [1.54, 1.807) is 18.7 Å². The average molecular weight is 471 g/mol. The number of carboxylic acid groups (broad SMARTS) is 1. The Balaban J connectivity index is 1.77. The summed E-state index contributed by atoms with van der Waals surface area (Å²) in [7, 11) is 0. The first-order valence-corrected chi connectivity index (χ1v) is 12.2. The topological polar surface area (TPSA) is 95.9 Å². The van der Waals surface area contributed by atoms with E-state index in [2.05, 4.69) is 5.32 Å². The lowest BCUT2D eigenvalue weighted by Crippen LogP contribution is -2.53. The monoisotopic (exact) mass is 470 g/mol. The first-order valence-electron chi connectivity index (χ1n) is 11.1. The Bertz CT molecular complexity index is 925. The van der Waals surface area contributed by atoms with Crippen molar-refractivity contribution in [2.24, 2.45) is 0 Å². The van der Waals surface area contributed by atoms with Gasteiger partial charge in [0.25, 0.3) is 0 Å². The van der Waals surface area contributed by atoms with Crippen molar-refractivity contribution in [3.63, 3.8) is 0 Å². The van der Waals surface area contributed by atoms with Gasteiger partial charge in [0, 0.05) is 17.5 Å². The molecule has 8 heteroatoms. The number of nitrogens with one attached hydrogen (secondary N) is 1. The molecule has 1 saturated heterocycles. The molecule has 0 aliphatic carbocycles. The zero-order valence-electron chi connectivity index (χ0n) is 18.7. The van der Waals surface area contributed by atoms with Crippen LogP contribution < -0.4 is 5.32 Å². The number of aryl methyl sites for hydroxylation is 1. The third kappa shape index (κ3) is 7.33. The largest absolute Gasteiger partial charge is 0.480 e. The van der Waals surface area contributed by atoms with Crippen LogP contribution in [0.4, 0.5) is 0 Å². The van der Waals surface area contributed by atoms with E-state index in [0.29, 0.717) is 25.1 Å². The lowest BCUT2D eigenvalue weighted by atomic mass is 10.0. The average Bonchev–Trinajstić information content (AvgIpc) is 2.96. The number of carbonyl (C=O) groups excluding carboxylic acids is 2. The molecule has 2 aromatic carbocycles. The molecule has 2 N–H and O–H groups in total. The Morgan fingerprint density at radius 2 is 1.82 bits per heavy atom. The normalized spacial score (nSPS) is 19.5. The Hall–Kier alpha value is -2.84. The summed E-state index contributed by atoms with van der Waals surface area (Å²) in [6.07, 6.45) is 1.12. The number of hydrogen-bond acceptors (Lipinski definition) is 6. The van der Waals surface area contributed by atoms with Crippen LogP contribution in [0.2, 0.25) is 0 Å². The van der Waals surface area contributed by atoms with Crippen molar-refractivity contribution >= 4 is 29.6 Å². The molecule has 0 aromatic heterocycles. The van der Waals surface area contributed by atoms with Crippen LogP contribution in [0.1, 0.15) is 29.7 Å². The molecule has 0 bridgehead atoms. The SMILES string of the molecule is CCOC(=O)[C@H](CCc1ccccc1)N[C@H]1CS[C@H](c2ccccc2)CN(CC(=O)O)C1=O. The van der Waals surface area contributed by atoms with E-state index in [1.165, 1.54) is 4.90 Å². The van der Waals surface area contributed by atoms with Crippen LogP contribution in [-0.4, -0.2) is 65.4 Å². The number of benzene rings is 2. The maximum Gasteiger partial charge on any atom is 0.323 e. The van der Waals surface area contributed by atoms with Gasteiger partial charge in [-0.2, -0.15) is 0 Å². The van der Waals surface area contributed by atoms with Gasteiger partial charge in [-0.05, 0) is 30.9 Å². The second-order valence-electron chi connectivity index (χ2n) is 7.89. The molecule has 1 fully saturated rings. The van der Waals surface area contributed by atoms with Crippen molar-refractivity contribution in [2.75, 3.05) is 25.4 Å². The molecule has 3 rings (SSSR count). The van der Waals surface area contributed by atoms with E-state index >= 15 is 0 Å². The van der Waals surface area contributed by atoms with Crippen molar-refractivity contribution in [1.82, 2.24) is 10.2 Å². The zero-order valence-corrected chi connectivity index (χ0v) is 19.5. The molecule has 2 aromatic rings. The molecule has 1 aliphatic rings. The van der Waals surface area contributed by atoms with Crippen LogP contribution in [0.5, 0.6) is 0 Å². The van der Waals surface area contributed by atoms with Crippen molar-refractivity contribution in [1.29, 1.82) is 0 Å². The molecular weight excluding hydrogens is 440 g/mol. The van der Waals surface area contributed by atoms with Crippen LogP contribution >= 0.6 is 11.8 Å². The summed E-state index contributed by atoms with van der Waals surface area (Å²) in [6, 6.07) is 18.2. The fourth-order valence-corrected chi connectivity index (χ4v) is 5.15. The second kappa shape index (κ2) is 12.4. The van der Waals surface area contributed by atoms with Crippen molar-refractivity contribution < 1.29 is 24.2 Å². The molecule has 0 saturated carbocycles. The summed E-state index contributed by atoms with van der Waals surface area (Å²) in [5.41, 5.74) is 2.13. The highest BCUT2D eigenvalue weighted by Crippen LogP contribution is 2.33. The predicted molar refractivity (Wildman–Crippen MR) is 128 cm³/mol. The minimum atomic E-state index is -1.06. The standard InChI is InChI=1S/C25H30N2O5S/c1-2-32-25(31)20(14-13-18-9-5-3-6-10-18)26-21-17-33-22(19-11-7-4-8-12-19)15-27(24(21)30)16-23(28)29/h3-12,20-22,26H,2,13-17H2,1H3,(H,28,29)/t20-,21-,22-/m0/s1. The summed E-state index contributed by atoms with van der Waals surface area (Å²) in [6.45, 7) is 1.91. The Labute approximate surface area is 198 Å². The minimum Gasteiger partial charge on any atom is -0.480 e. The van der Waals surface area contributed by atoms with Gasteiger partial charge >= 0.3 is 11.9 Å². The summed E-state index contributed by atoms with van der Waals surface area (Å²) in [4.78, 5) is 38.8. The molecule has 33 heavy (non-hydrogen) atoms. The van der Waals surface area contributed by atoms with E-state index in [9.17, 15) is 19.5 Å². The highest BCUT2D eigenvalue weighted by atomic mass is 32.2. The number of amides is 1. The fraction of sp³-hybridized carbons (Fsp3) is 0.400. The van der Waals surface area contributed by atoms with Crippen molar-refractivity contribution in [2.45, 2.75) is 37.1 Å². The van der Waals surface area contributed by atoms with Crippen molar-refractivity contribution in [3.05, 3.63) is 71.8 Å². The lowest BCUT2D eigenvalue weighted by Gasteiger charge is -2.27. The number of carboxylic acids is 1. The molecule has 176 valence electrons. The van der Waals surface area contributed by atoms with Gasteiger partial charge in [0.2, 0.25) is 5.91 Å². The molecule has 0 unspecified atom stereocenters. The number of rotatable bonds is 10. The first-order chi connectivity index (χ1) is 16.0. The van der Waals surface area contributed by atoms with E-state index in [4.69, 9.17) is 4.74 Å². The van der Waals surface area contributed by atoms with Crippen LogP contribution in [0.25, 0.3) is 0 Å². The summed E-state index contributed by atoms with van der Waals surface area (Å²) in [5, 5.41) is 12.5. The predicted octanol–water partition coefficient (Wildman–Crippen LogP) is 2.91. The van der Waals surface area contributed by atoms with Gasteiger partial charge in [-0.1, -0.05) is 60.7 Å². The van der Waals surface area contributed by atoms with E-state index < -0.39 is 24.0 Å². The lowest BCUT2D eigenvalue weighted by molar-refractivity contribution is -0.148. The number of nitrogens with zero attached hydrogens (tertiary/aromatic N) is 1. The molecule has 1 heterocycles. The molecule has 0 radical (unpaired) electrons. The number of carbonyl (C=O) groups is 3. The maximum absolute atomic E-state index is 13.3. The highest BCUT2D eigenvalue weighted by molar-refractivity contribution is 7.99. The molecule has 0 spiro atoms. The Morgan fingerprint density at radius 1 is 1.15 bits per heavy atom. The highest BCUT2D eigenvalue weighted by Gasteiger charge is 2.35. The number of thioether (sulfide) groups is 1. The third-order valence-electron chi connectivity index (χ3n) is 5.50. The van der Waals surface area contributed by atoms with Crippen LogP contribution in [0.15, 0.2) is 60.7 Å². The Kier molecular flexibility index (Phi) is 9.33. The maximum atomic E-state index is 13.3. The fourth-order valence-electron chi connectivity index (χ4n) is 3.85. The van der Waals surface area contributed by atoms with Crippen molar-refractivity contribution in [3.8, 4) is 0 Å².